The van der Waals surface area contributed by atoms with Crippen molar-refractivity contribution in [3.05, 3.63) is 64.7 Å². The second-order valence-corrected chi connectivity index (χ2v) is 7.19. The van der Waals surface area contributed by atoms with Crippen LogP contribution in [-0.2, 0) is 22.6 Å². The van der Waals surface area contributed by atoms with Crippen LogP contribution in [0.5, 0.6) is 0 Å². The van der Waals surface area contributed by atoms with Gasteiger partial charge in [-0.25, -0.2) is 0 Å². The maximum Gasteiger partial charge on any atom is 0.258 e. The van der Waals surface area contributed by atoms with Gasteiger partial charge in [0.05, 0.1) is 25.9 Å². The molecule has 138 valence electrons. The summed E-state index contributed by atoms with van der Waals surface area (Å²) in [6.07, 6.45) is 0.175. The van der Waals surface area contributed by atoms with E-state index in [1.165, 1.54) is 5.56 Å². The number of fused-ring (bicyclic) bond motifs is 1. The Bertz CT molecular complexity index is 767. The number of rotatable bonds is 7. The first-order chi connectivity index (χ1) is 12.5. The standard InChI is InChI=1S/C22H27NO3/c1-15(2)26-14-17-5-6-19-12-23(22(24)21(19)11-17)20-9-7-18(8-10-20)16(3)13-25-4/h5-11,15-16H,12-14H2,1-4H3. The molecule has 0 aliphatic carbocycles. The molecule has 0 saturated heterocycles. The number of anilines is 1. The van der Waals surface area contributed by atoms with Crippen molar-refractivity contribution in [2.45, 2.75) is 45.9 Å². The number of carbonyl (C=O) groups is 1. The third-order valence-electron chi connectivity index (χ3n) is 4.75. The van der Waals surface area contributed by atoms with Gasteiger partial charge in [-0.15, -0.1) is 0 Å². The predicted molar refractivity (Wildman–Crippen MR) is 104 cm³/mol. The van der Waals surface area contributed by atoms with Crippen LogP contribution in [0.3, 0.4) is 0 Å². The Morgan fingerprint density at radius 2 is 1.81 bits per heavy atom. The van der Waals surface area contributed by atoms with Crippen LogP contribution < -0.4 is 4.90 Å². The largest absolute Gasteiger partial charge is 0.384 e. The van der Waals surface area contributed by atoms with Gasteiger partial charge < -0.3 is 14.4 Å². The van der Waals surface area contributed by atoms with Crippen molar-refractivity contribution < 1.29 is 14.3 Å². The van der Waals surface area contributed by atoms with Crippen LogP contribution in [0.2, 0.25) is 0 Å². The highest BCUT2D eigenvalue weighted by atomic mass is 16.5. The Labute approximate surface area is 155 Å². The summed E-state index contributed by atoms with van der Waals surface area (Å²) >= 11 is 0. The zero-order chi connectivity index (χ0) is 18.7. The van der Waals surface area contributed by atoms with Gasteiger partial charge in [-0.1, -0.05) is 31.2 Å². The summed E-state index contributed by atoms with van der Waals surface area (Å²) in [7, 11) is 1.71. The maximum absolute atomic E-state index is 12.9. The van der Waals surface area contributed by atoms with Gasteiger partial charge in [-0.3, -0.25) is 4.79 Å². The summed E-state index contributed by atoms with van der Waals surface area (Å²) in [6.45, 7) is 8.00. The molecule has 2 aromatic carbocycles. The summed E-state index contributed by atoms with van der Waals surface area (Å²) in [5.74, 6) is 0.396. The Morgan fingerprint density at radius 1 is 1.08 bits per heavy atom. The monoisotopic (exact) mass is 353 g/mol. The van der Waals surface area contributed by atoms with Crippen LogP contribution in [0.4, 0.5) is 5.69 Å². The summed E-state index contributed by atoms with van der Waals surface area (Å²) in [5, 5.41) is 0. The van der Waals surface area contributed by atoms with Gasteiger partial charge in [0.2, 0.25) is 0 Å². The average Bonchev–Trinajstić information content (AvgIpc) is 2.96. The van der Waals surface area contributed by atoms with Gasteiger partial charge in [-0.2, -0.15) is 0 Å². The molecule has 4 heteroatoms. The highest BCUT2D eigenvalue weighted by Crippen LogP contribution is 2.30. The van der Waals surface area contributed by atoms with Crippen molar-refractivity contribution in [1.82, 2.24) is 0 Å². The highest BCUT2D eigenvalue weighted by Gasteiger charge is 2.28. The van der Waals surface area contributed by atoms with Crippen LogP contribution in [0.15, 0.2) is 42.5 Å². The molecule has 1 aliphatic rings. The first-order valence-electron chi connectivity index (χ1n) is 9.13. The van der Waals surface area contributed by atoms with E-state index in [4.69, 9.17) is 9.47 Å². The van der Waals surface area contributed by atoms with Crippen molar-refractivity contribution in [2.24, 2.45) is 0 Å². The third-order valence-corrected chi connectivity index (χ3v) is 4.75. The molecule has 0 fully saturated rings. The van der Waals surface area contributed by atoms with Gasteiger partial charge in [0.25, 0.3) is 5.91 Å². The second-order valence-electron chi connectivity index (χ2n) is 7.19. The van der Waals surface area contributed by atoms with E-state index in [1.54, 1.807) is 7.11 Å². The number of ether oxygens (including phenoxy) is 2. The van der Waals surface area contributed by atoms with Gasteiger partial charge in [0.15, 0.2) is 0 Å². The van der Waals surface area contributed by atoms with E-state index >= 15 is 0 Å². The quantitative estimate of drug-likeness (QED) is 0.734. The van der Waals surface area contributed by atoms with Gasteiger partial charge >= 0.3 is 0 Å². The molecule has 26 heavy (non-hydrogen) atoms. The molecule has 1 aliphatic heterocycles. The summed E-state index contributed by atoms with van der Waals surface area (Å²) in [6, 6.07) is 14.3. The Hall–Kier alpha value is -2.17. The summed E-state index contributed by atoms with van der Waals surface area (Å²) < 4.78 is 10.9. The van der Waals surface area contributed by atoms with Gasteiger partial charge in [0, 0.05) is 24.3 Å². The van der Waals surface area contributed by atoms with E-state index in [1.807, 2.05) is 49.1 Å². The van der Waals surface area contributed by atoms with Crippen LogP contribution in [0.1, 0.15) is 53.7 Å². The van der Waals surface area contributed by atoms with Crippen LogP contribution in [0, 0.1) is 0 Å². The lowest BCUT2D eigenvalue weighted by Crippen LogP contribution is -2.23. The highest BCUT2D eigenvalue weighted by molar-refractivity contribution is 6.10. The average molecular weight is 353 g/mol. The number of carbonyl (C=O) groups excluding carboxylic acids is 1. The Kier molecular flexibility index (Phi) is 5.74. The lowest BCUT2D eigenvalue weighted by molar-refractivity contribution is 0.0657. The number of hydrogen-bond acceptors (Lipinski definition) is 3. The summed E-state index contributed by atoms with van der Waals surface area (Å²) in [4.78, 5) is 14.7. The SMILES string of the molecule is COCC(C)c1ccc(N2Cc3ccc(COC(C)C)cc3C2=O)cc1. The summed E-state index contributed by atoms with van der Waals surface area (Å²) in [5.41, 5.74) is 5.04. The van der Waals surface area contributed by atoms with Crippen molar-refractivity contribution in [1.29, 1.82) is 0 Å². The number of benzene rings is 2. The molecule has 1 amide bonds. The molecule has 1 unspecified atom stereocenters. The van der Waals surface area contributed by atoms with Crippen LogP contribution in [0.25, 0.3) is 0 Å². The molecular formula is C22H27NO3. The van der Waals surface area contributed by atoms with E-state index in [9.17, 15) is 4.79 Å². The third kappa shape index (κ3) is 3.97. The molecule has 3 rings (SSSR count). The van der Waals surface area contributed by atoms with E-state index in [0.29, 0.717) is 25.7 Å². The normalized spacial score (nSPS) is 14.8. The molecule has 0 bridgehead atoms. The fraction of sp³-hybridized carbons (Fsp3) is 0.409. The molecule has 0 radical (unpaired) electrons. The molecule has 1 atom stereocenters. The minimum Gasteiger partial charge on any atom is -0.384 e. The van der Waals surface area contributed by atoms with Crippen molar-refractivity contribution in [3.63, 3.8) is 0 Å². The van der Waals surface area contributed by atoms with E-state index in [-0.39, 0.29) is 12.0 Å². The van der Waals surface area contributed by atoms with E-state index in [0.717, 1.165) is 22.4 Å². The lowest BCUT2D eigenvalue weighted by atomic mass is 10.0. The Morgan fingerprint density at radius 3 is 2.46 bits per heavy atom. The number of amides is 1. The lowest BCUT2D eigenvalue weighted by Gasteiger charge is -2.17. The first kappa shape index (κ1) is 18.6. The first-order valence-corrected chi connectivity index (χ1v) is 9.13. The molecule has 1 heterocycles. The van der Waals surface area contributed by atoms with Crippen molar-refractivity contribution >= 4 is 11.6 Å². The molecular weight excluding hydrogens is 326 g/mol. The van der Waals surface area contributed by atoms with Crippen molar-refractivity contribution in [2.75, 3.05) is 18.6 Å². The van der Waals surface area contributed by atoms with E-state index in [2.05, 4.69) is 19.1 Å². The fourth-order valence-electron chi connectivity index (χ4n) is 3.24. The molecule has 0 spiro atoms. The molecule has 0 saturated carbocycles. The molecule has 4 nitrogen and oxygen atoms in total. The fourth-order valence-corrected chi connectivity index (χ4v) is 3.24. The van der Waals surface area contributed by atoms with Crippen molar-refractivity contribution in [3.8, 4) is 0 Å². The van der Waals surface area contributed by atoms with E-state index < -0.39 is 0 Å². The number of methoxy groups -OCH3 is 1. The molecule has 2 aromatic rings. The van der Waals surface area contributed by atoms with Gasteiger partial charge in [-0.05, 0) is 48.7 Å². The Balaban J connectivity index is 1.75. The topological polar surface area (TPSA) is 38.8 Å². The van der Waals surface area contributed by atoms with Crippen LogP contribution in [-0.4, -0.2) is 25.7 Å². The number of nitrogens with zero attached hydrogens (tertiary/aromatic N) is 1. The van der Waals surface area contributed by atoms with Crippen LogP contribution >= 0.6 is 0 Å². The van der Waals surface area contributed by atoms with Gasteiger partial charge in [0.1, 0.15) is 0 Å². The smallest absolute Gasteiger partial charge is 0.258 e. The minimum absolute atomic E-state index is 0.0593. The minimum atomic E-state index is 0.0593. The zero-order valence-electron chi connectivity index (χ0n) is 16.0. The number of hydrogen-bond donors (Lipinski definition) is 0. The molecule has 0 aromatic heterocycles. The predicted octanol–water partition coefficient (Wildman–Crippen LogP) is 4.52. The maximum atomic E-state index is 12.9. The molecule has 0 N–H and O–H groups in total. The second kappa shape index (κ2) is 8.02. The zero-order valence-corrected chi connectivity index (χ0v) is 16.0.